The third-order valence-corrected chi connectivity index (χ3v) is 4.62. The van der Waals surface area contributed by atoms with Crippen LogP contribution in [-0.4, -0.2) is 18.0 Å². The van der Waals surface area contributed by atoms with Crippen LogP contribution < -0.4 is 0 Å². The molecule has 1 aromatic carbocycles. The first-order valence-electron chi connectivity index (χ1n) is 6.81. The van der Waals surface area contributed by atoms with Crippen LogP contribution in [-0.2, 0) is 6.54 Å². The normalized spacial score (nSPS) is 18.0. The maximum Gasteiger partial charge on any atom is 0.124 e. The van der Waals surface area contributed by atoms with E-state index in [1.807, 2.05) is 6.07 Å². The molecule has 0 bridgehead atoms. The zero-order valence-electron chi connectivity index (χ0n) is 11.0. The Morgan fingerprint density at radius 3 is 2.50 bits per heavy atom. The lowest BCUT2D eigenvalue weighted by atomic mass is 10.1. The summed E-state index contributed by atoms with van der Waals surface area (Å²) in [7, 11) is 2.19. The minimum atomic E-state index is -0.178. The second-order valence-corrected chi connectivity index (χ2v) is 6.15. The minimum absolute atomic E-state index is 0.178. The van der Waals surface area contributed by atoms with Gasteiger partial charge < -0.3 is 0 Å². The number of nitrogens with zero attached hydrogens (tertiary/aromatic N) is 1. The summed E-state index contributed by atoms with van der Waals surface area (Å²) in [5.74, 6) is -0.178. The molecule has 1 aromatic rings. The van der Waals surface area contributed by atoms with Crippen molar-refractivity contribution in [2.24, 2.45) is 0 Å². The fraction of sp³-hybridized carbons (Fsp3) is 0.600. The predicted molar refractivity (Wildman–Crippen MR) is 77.1 cm³/mol. The van der Waals surface area contributed by atoms with Gasteiger partial charge in [0.15, 0.2) is 0 Å². The lowest BCUT2D eigenvalue weighted by Gasteiger charge is -2.27. The summed E-state index contributed by atoms with van der Waals surface area (Å²) in [5, 5.41) is 0. The van der Waals surface area contributed by atoms with E-state index < -0.39 is 0 Å². The van der Waals surface area contributed by atoms with Gasteiger partial charge in [0.1, 0.15) is 5.82 Å². The Kier molecular flexibility index (Phi) is 5.19. The Hall–Kier alpha value is -0.410. The van der Waals surface area contributed by atoms with E-state index in [-0.39, 0.29) is 5.82 Å². The molecular weight excluding hydrogens is 293 g/mol. The molecule has 2 rings (SSSR count). The summed E-state index contributed by atoms with van der Waals surface area (Å²) in [6.07, 6.45) is 8.05. The molecule has 1 saturated carbocycles. The van der Waals surface area contributed by atoms with Gasteiger partial charge in [0.25, 0.3) is 0 Å². The fourth-order valence-electron chi connectivity index (χ4n) is 2.75. The van der Waals surface area contributed by atoms with Gasteiger partial charge >= 0.3 is 0 Å². The molecule has 0 spiro atoms. The van der Waals surface area contributed by atoms with Crippen molar-refractivity contribution in [2.75, 3.05) is 7.05 Å². The molecule has 100 valence electrons. The second-order valence-electron chi connectivity index (χ2n) is 5.30. The first-order valence-corrected chi connectivity index (χ1v) is 7.60. The maximum absolute atomic E-state index is 13.0. The van der Waals surface area contributed by atoms with Crippen LogP contribution in [0.15, 0.2) is 22.7 Å². The van der Waals surface area contributed by atoms with Crippen LogP contribution in [0, 0.1) is 5.82 Å². The van der Waals surface area contributed by atoms with E-state index in [4.69, 9.17) is 0 Å². The zero-order valence-corrected chi connectivity index (χ0v) is 12.5. The van der Waals surface area contributed by atoms with Crippen LogP contribution in [0.3, 0.4) is 0 Å². The highest BCUT2D eigenvalue weighted by Crippen LogP contribution is 2.24. The third kappa shape index (κ3) is 3.79. The monoisotopic (exact) mass is 313 g/mol. The Morgan fingerprint density at radius 1 is 1.22 bits per heavy atom. The molecule has 0 saturated heterocycles. The number of hydrogen-bond acceptors (Lipinski definition) is 1. The van der Waals surface area contributed by atoms with E-state index in [9.17, 15) is 4.39 Å². The fourth-order valence-corrected chi connectivity index (χ4v) is 3.22. The minimum Gasteiger partial charge on any atom is -0.299 e. The molecule has 0 radical (unpaired) electrons. The molecule has 0 aromatic heterocycles. The molecule has 0 atom stereocenters. The molecule has 1 aliphatic rings. The van der Waals surface area contributed by atoms with Crippen LogP contribution >= 0.6 is 15.9 Å². The van der Waals surface area contributed by atoms with E-state index in [2.05, 4.69) is 27.9 Å². The highest BCUT2D eigenvalue weighted by molar-refractivity contribution is 9.10. The molecule has 1 fully saturated rings. The van der Waals surface area contributed by atoms with Gasteiger partial charge in [-0.2, -0.15) is 0 Å². The molecule has 1 aliphatic carbocycles. The average molecular weight is 314 g/mol. The van der Waals surface area contributed by atoms with E-state index in [1.54, 1.807) is 12.1 Å². The highest BCUT2D eigenvalue weighted by atomic mass is 79.9. The summed E-state index contributed by atoms with van der Waals surface area (Å²) in [6.45, 7) is 0.894. The number of rotatable bonds is 3. The first-order chi connectivity index (χ1) is 8.66. The molecule has 0 unspecified atom stereocenters. The topological polar surface area (TPSA) is 3.24 Å². The molecule has 0 N–H and O–H groups in total. The van der Waals surface area contributed by atoms with Gasteiger partial charge in [0.2, 0.25) is 0 Å². The summed E-state index contributed by atoms with van der Waals surface area (Å²) in [6, 6.07) is 5.66. The standard InChI is InChI=1S/C15H21BrFN/c1-18(14-6-4-2-3-5-7-14)11-12-8-9-13(17)10-15(12)16/h8-10,14H,2-7,11H2,1H3. The van der Waals surface area contributed by atoms with Crippen LogP contribution in [0.4, 0.5) is 4.39 Å². The van der Waals surface area contributed by atoms with Crippen molar-refractivity contribution in [3.63, 3.8) is 0 Å². The number of halogens is 2. The van der Waals surface area contributed by atoms with Crippen molar-refractivity contribution >= 4 is 15.9 Å². The smallest absolute Gasteiger partial charge is 0.124 e. The van der Waals surface area contributed by atoms with Gasteiger partial charge in [-0.3, -0.25) is 4.90 Å². The Morgan fingerprint density at radius 2 is 1.89 bits per heavy atom. The van der Waals surface area contributed by atoms with Crippen molar-refractivity contribution in [3.8, 4) is 0 Å². The van der Waals surface area contributed by atoms with Crippen molar-refractivity contribution in [1.29, 1.82) is 0 Å². The second kappa shape index (κ2) is 6.67. The largest absolute Gasteiger partial charge is 0.299 e. The summed E-state index contributed by atoms with van der Waals surface area (Å²) in [5.41, 5.74) is 1.17. The molecule has 1 nitrogen and oxygen atoms in total. The Labute approximate surface area is 118 Å². The highest BCUT2D eigenvalue weighted by Gasteiger charge is 2.17. The van der Waals surface area contributed by atoms with Gasteiger partial charge in [-0.25, -0.2) is 4.39 Å². The van der Waals surface area contributed by atoms with Crippen LogP contribution in [0.1, 0.15) is 44.1 Å². The van der Waals surface area contributed by atoms with Gasteiger partial charge in [0.05, 0.1) is 0 Å². The summed E-state index contributed by atoms with van der Waals surface area (Å²) >= 11 is 3.45. The molecule has 0 heterocycles. The van der Waals surface area contributed by atoms with Crippen LogP contribution in [0.2, 0.25) is 0 Å². The molecule has 0 aliphatic heterocycles. The zero-order chi connectivity index (χ0) is 13.0. The predicted octanol–water partition coefficient (Wildman–Crippen LogP) is 4.74. The quantitative estimate of drug-likeness (QED) is 0.728. The van der Waals surface area contributed by atoms with Crippen LogP contribution in [0.25, 0.3) is 0 Å². The molecular formula is C15H21BrFN. The van der Waals surface area contributed by atoms with Gasteiger partial charge in [-0.05, 0) is 37.6 Å². The first kappa shape index (κ1) is 14.0. The molecule has 3 heteroatoms. The Bertz CT molecular complexity index is 386. The summed E-state index contributed by atoms with van der Waals surface area (Å²) in [4.78, 5) is 2.42. The van der Waals surface area contributed by atoms with Crippen molar-refractivity contribution in [3.05, 3.63) is 34.1 Å². The number of benzene rings is 1. The van der Waals surface area contributed by atoms with E-state index in [0.717, 1.165) is 11.0 Å². The average Bonchev–Trinajstić information content (AvgIpc) is 2.61. The molecule has 18 heavy (non-hydrogen) atoms. The van der Waals surface area contributed by atoms with Gasteiger partial charge in [-0.1, -0.05) is 47.7 Å². The lowest BCUT2D eigenvalue weighted by molar-refractivity contribution is 0.212. The third-order valence-electron chi connectivity index (χ3n) is 3.88. The SMILES string of the molecule is CN(Cc1ccc(F)cc1Br)C1CCCCCC1. The van der Waals surface area contributed by atoms with E-state index in [0.29, 0.717) is 6.04 Å². The molecule has 0 amide bonds. The number of hydrogen-bond donors (Lipinski definition) is 0. The van der Waals surface area contributed by atoms with Crippen molar-refractivity contribution < 1.29 is 4.39 Å². The Balaban J connectivity index is 1.98. The van der Waals surface area contributed by atoms with E-state index >= 15 is 0 Å². The summed E-state index contributed by atoms with van der Waals surface area (Å²) < 4.78 is 13.9. The van der Waals surface area contributed by atoms with Crippen molar-refractivity contribution in [1.82, 2.24) is 4.90 Å². The maximum atomic E-state index is 13.0. The van der Waals surface area contributed by atoms with E-state index in [1.165, 1.54) is 44.1 Å². The van der Waals surface area contributed by atoms with Crippen LogP contribution in [0.5, 0.6) is 0 Å². The van der Waals surface area contributed by atoms with Crippen molar-refractivity contribution in [2.45, 2.75) is 51.1 Å². The van der Waals surface area contributed by atoms with Gasteiger partial charge in [-0.15, -0.1) is 0 Å². The van der Waals surface area contributed by atoms with Gasteiger partial charge in [0, 0.05) is 17.1 Å². The lowest BCUT2D eigenvalue weighted by Crippen LogP contribution is -2.30.